The number of hydrogen-bond acceptors (Lipinski definition) is 3. The standard InChI is InChI=1S/C16H30N2O3/c1-12(2)13(6-9-17)4-5-14(19)18-10-7-16(3,8-11-18)15(20)21/h12-13H,4-11,17H2,1-3H3,(H,20,21). The fraction of sp³-hybridized carbons (Fsp3) is 0.875. The lowest BCUT2D eigenvalue weighted by atomic mass is 9.80. The second-order valence-corrected chi connectivity index (χ2v) is 6.87. The molecule has 1 rings (SSSR count). The molecule has 5 heteroatoms. The van der Waals surface area contributed by atoms with Crippen molar-refractivity contribution >= 4 is 11.9 Å². The van der Waals surface area contributed by atoms with Gasteiger partial charge in [-0.25, -0.2) is 0 Å². The minimum atomic E-state index is -0.752. The highest BCUT2D eigenvalue weighted by Gasteiger charge is 2.37. The van der Waals surface area contributed by atoms with E-state index in [1.54, 1.807) is 6.92 Å². The van der Waals surface area contributed by atoms with Crippen molar-refractivity contribution in [1.29, 1.82) is 0 Å². The molecule has 1 saturated heterocycles. The first kappa shape index (κ1) is 18.0. The lowest BCUT2D eigenvalue weighted by Crippen LogP contribution is -2.45. The molecule has 1 fully saturated rings. The topological polar surface area (TPSA) is 83.6 Å². The fourth-order valence-corrected chi connectivity index (χ4v) is 2.96. The highest BCUT2D eigenvalue weighted by Crippen LogP contribution is 2.31. The summed E-state index contributed by atoms with van der Waals surface area (Å²) in [5, 5.41) is 9.20. The molecule has 0 radical (unpaired) electrons. The third-order valence-corrected chi connectivity index (χ3v) is 4.95. The number of piperidine rings is 1. The molecule has 1 aliphatic rings. The number of carbonyl (C=O) groups excluding carboxylic acids is 1. The second kappa shape index (κ2) is 7.78. The van der Waals surface area contributed by atoms with Gasteiger partial charge in [-0.3, -0.25) is 9.59 Å². The van der Waals surface area contributed by atoms with Crippen LogP contribution >= 0.6 is 0 Å². The van der Waals surface area contributed by atoms with Gasteiger partial charge in [0.15, 0.2) is 0 Å². The Balaban J connectivity index is 2.42. The lowest BCUT2D eigenvalue weighted by Gasteiger charge is -2.36. The zero-order valence-electron chi connectivity index (χ0n) is 13.6. The van der Waals surface area contributed by atoms with Crippen molar-refractivity contribution in [2.75, 3.05) is 19.6 Å². The van der Waals surface area contributed by atoms with Crippen LogP contribution in [0, 0.1) is 17.3 Å². The summed E-state index contributed by atoms with van der Waals surface area (Å²) >= 11 is 0. The quantitative estimate of drug-likeness (QED) is 0.754. The molecule has 0 aliphatic carbocycles. The van der Waals surface area contributed by atoms with Crippen molar-refractivity contribution in [1.82, 2.24) is 4.90 Å². The summed E-state index contributed by atoms with van der Waals surface area (Å²) in [5.41, 5.74) is 4.95. The molecule has 1 heterocycles. The maximum absolute atomic E-state index is 12.3. The number of hydrogen-bond donors (Lipinski definition) is 2. The van der Waals surface area contributed by atoms with Gasteiger partial charge in [0.1, 0.15) is 0 Å². The van der Waals surface area contributed by atoms with Crippen molar-refractivity contribution in [2.24, 2.45) is 23.0 Å². The van der Waals surface area contributed by atoms with E-state index in [4.69, 9.17) is 5.73 Å². The van der Waals surface area contributed by atoms with Gasteiger partial charge in [-0.1, -0.05) is 13.8 Å². The molecular formula is C16H30N2O3. The van der Waals surface area contributed by atoms with Crippen LogP contribution in [0.4, 0.5) is 0 Å². The Morgan fingerprint density at radius 2 is 1.81 bits per heavy atom. The smallest absolute Gasteiger partial charge is 0.309 e. The maximum Gasteiger partial charge on any atom is 0.309 e. The largest absolute Gasteiger partial charge is 0.481 e. The predicted octanol–water partition coefficient (Wildman–Crippen LogP) is 2.10. The van der Waals surface area contributed by atoms with Crippen LogP contribution in [0.3, 0.4) is 0 Å². The van der Waals surface area contributed by atoms with Crippen LogP contribution in [0.1, 0.15) is 52.9 Å². The first-order valence-corrected chi connectivity index (χ1v) is 8.01. The summed E-state index contributed by atoms with van der Waals surface area (Å²) in [5.74, 6) is 0.438. The summed E-state index contributed by atoms with van der Waals surface area (Å²) in [4.78, 5) is 25.3. The molecule has 122 valence electrons. The van der Waals surface area contributed by atoms with Crippen LogP contribution in [-0.2, 0) is 9.59 Å². The van der Waals surface area contributed by atoms with E-state index in [2.05, 4.69) is 13.8 Å². The molecule has 21 heavy (non-hydrogen) atoms. The minimum Gasteiger partial charge on any atom is -0.481 e. The predicted molar refractivity (Wildman–Crippen MR) is 82.8 cm³/mol. The van der Waals surface area contributed by atoms with Gasteiger partial charge < -0.3 is 15.7 Å². The molecule has 1 unspecified atom stereocenters. The maximum atomic E-state index is 12.3. The molecular weight excluding hydrogens is 268 g/mol. The van der Waals surface area contributed by atoms with Crippen LogP contribution in [0.25, 0.3) is 0 Å². The van der Waals surface area contributed by atoms with Gasteiger partial charge in [0.2, 0.25) is 5.91 Å². The van der Waals surface area contributed by atoms with E-state index in [1.807, 2.05) is 4.90 Å². The Morgan fingerprint density at radius 1 is 1.24 bits per heavy atom. The highest BCUT2D eigenvalue weighted by atomic mass is 16.4. The van der Waals surface area contributed by atoms with E-state index in [1.165, 1.54) is 0 Å². The lowest BCUT2D eigenvalue weighted by molar-refractivity contribution is -0.153. The SMILES string of the molecule is CC(C)C(CCN)CCC(=O)N1CCC(C)(C(=O)O)CC1. The van der Waals surface area contributed by atoms with E-state index in [9.17, 15) is 14.7 Å². The van der Waals surface area contributed by atoms with Crippen molar-refractivity contribution < 1.29 is 14.7 Å². The van der Waals surface area contributed by atoms with Gasteiger partial charge >= 0.3 is 5.97 Å². The molecule has 1 amide bonds. The third-order valence-electron chi connectivity index (χ3n) is 4.95. The highest BCUT2D eigenvalue weighted by molar-refractivity contribution is 5.78. The molecule has 0 aromatic heterocycles. The minimum absolute atomic E-state index is 0.158. The average molecular weight is 298 g/mol. The van der Waals surface area contributed by atoms with E-state index < -0.39 is 11.4 Å². The van der Waals surface area contributed by atoms with E-state index >= 15 is 0 Å². The number of nitrogens with zero attached hydrogens (tertiary/aromatic N) is 1. The molecule has 1 atom stereocenters. The summed E-state index contributed by atoms with van der Waals surface area (Å²) < 4.78 is 0. The molecule has 5 nitrogen and oxygen atoms in total. The number of nitrogens with two attached hydrogens (primary N) is 1. The summed E-state index contributed by atoms with van der Waals surface area (Å²) in [7, 11) is 0. The number of aliphatic carboxylic acids is 1. The number of amides is 1. The molecule has 0 saturated carbocycles. The second-order valence-electron chi connectivity index (χ2n) is 6.87. The number of rotatable bonds is 7. The van der Waals surface area contributed by atoms with Gasteiger partial charge in [-0.15, -0.1) is 0 Å². The Morgan fingerprint density at radius 3 is 2.24 bits per heavy atom. The zero-order chi connectivity index (χ0) is 16.0. The van der Waals surface area contributed by atoms with Crippen LogP contribution in [0.5, 0.6) is 0 Å². The number of likely N-dealkylation sites (tertiary alicyclic amines) is 1. The number of carboxylic acids is 1. The van der Waals surface area contributed by atoms with Crippen molar-refractivity contribution in [3.05, 3.63) is 0 Å². The summed E-state index contributed by atoms with van der Waals surface area (Å²) in [6.07, 6.45) is 3.48. The third kappa shape index (κ3) is 4.99. The Kier molecular flexibility index (Phi) is 6.65. The summed E-state index contributed by atoms with van der Waals surface area (Å²) in [6, 6.07) is 0. The van der Waals surface area contributed by atoms with Gasteiger partial charge in [0.25, 0.3) is 0 Å². The first-order chi connectivity index (χ1) is 9.80. The van der Waals surface area contributed by atoms with Crippen molar-refractivity contribution in [3.8, 4) is 0 Å². The first-order valence-electron chi connectivity index (χ1n) is 8.01. The Hall–Kier alpha value is -1.10. The molecule has 0 spiro atoms. The Labute approximate surface area is 127 Å². The summed E-state index contributed by atoms with van der Waals surface area (Å²) in [6.45, 7) is 7.90. The molecule has 0 aromatic carbocycles. The van der Waals surface area contributed by atoms with E-state index in [0.29, 0.717) is 50.7 Å². The van der Waals surface area contributed by atoms with E-state index in [-0.39, 0.29) is 5.91 Å². The fourth-order valence-electron chi connectivity index (χ4n) is 2.96. The molecule has 0 bridgehead atoms. The van der Waals surface area contributed by atoms with Gasteiger partial charge in [0, 0.05) is 19.5 Å². The van der Waals surface area contributed by atoms with Gasteiger partial charge in [-0.05, 0) is 51.0 Å². The molecule has 1 aliphatic heterocycles. The molecule has 0 aromatic rings. The van der Waals surface area contributed by atoms with Crippen molar-refractivity contribution in [2.45, 2.75) is 52.9 Å². The van der Waals surface area contributed by atoms with Gasteiger partial charge in [-0.2, -0.15) is 0 Å². The average Bonchev–Trinajstić information content (AvgIpc) is 2.43. The van der Waals surface area contributed by atoms with Crippen LogP contribution < -0.4 is 5.73 Å². The molecule has 3 N–H and O–H groups in total. The van der Waals surface area contributed by atoms with Crippen LogP contribution in [-0.4, -0.2) is 41.5 Å². The van der Waals surface area contributed by atoms with Crippen molar-refractivity contribution in [3.63, 3.8) is 0 Å². The zero-order valence-corrected chi connectivity index (χ0v) is 13.6. The number of carbonyl (C=O) groups is 2. The monoisotopic (exact) mass is 298 g/mol. The number of carboxylic acid groups (broad SMARTS) is 1. The van der Waals surface area contributed by atoms with Gasteiger partial charge in [0.05, 0.1) is 5.41 Å². The van der Waals surface area contributed by atoms with Crippen LogP contribution in [0.2, 0.25) is 0 Å². The van der Waals surface area contributed by atoms with E-state index in [0.717, 1.165) is 12.8 Å². The Bertz CT molecular complexity index is 361. The van der Waals surface area contributed by atoms with Crippen LogP contribution in [0.15, 0.2) is 0 Å². The normalized spacial score (nSPS) is 19.6.